The molecule has 11 heteroatoms. The van der Waals surface area contributed by atoms with Crippen molar-refractivity contribution in [1.29, 1.82) is 0 Å². The van der Waals surface area contributed by atoms with Crippen molar-refractivity contribution in [1.82, 2.24) is 11.0 Å². The summed E-state index contributed by atoms with van der Waals surface area (Å²) in [7, 11) is 1.53. The van der Waals surface area contributed by atoms with Crippen LogP contribution in [0, 0.1) is 18.8 Å². The Kier molecular flexibility index (Phi) is 9.58. The van der Waals surface area contributed by atoms with E-state index in [0.717, 1.165) is 16.3 Å². The van der Waals surface area contributed by atoms with Crippen LogP contribution in [0.1, 0.15) is 30.5 Å². The number of hydrogen-bond donors (Lipinski definition) is 4. The Morgan fingerprint density at radius 1 is 0.795 bits per heavy atom. The average molecular weight is 539 g/mol. The van der Waals surface area contributed by atoms with Crippen LogP contribution >= 0.6 is 0 Å². The number of fused-ring (bicyclic) bond motifs is 2. The van der Waals surface area contributed by atoms with Crippen LogP contribution in [0.15, 0.2) is 67.0 Å². The van der Waals surface area contributed by atoms with Gasteiger partial charge in [-0.15, -0.1) is 0 Å². The SMILES string of the molecule is COc1ccc2cc(CC(C)C(=O)NO)c(=O)oc2c1.Cc1ccc2cc(CC(C)C(=O)NO)c(=O)oc2c1. The van der Waals surface area contributed by atoms with E-state index >= 15 is 0 Å². The number of hydrogen-bond acceptors (Lipinski definition) is 9. The maximum atomic E-state index is 11.9. The number of ether oxygens (including phenoxy) is 1. The summed E-state index contributed by atoms with van der Waals surface area (Å²) in [5.41, 5.74) is 4.99. The number of methoxy groups -OCH3 is 1. The number of aryl methyl sites for hydroxylation is 1. The third kappa shape index (κ3) is 7.30. The molecule has 0 radical (unpaired) electrons. The van der Waals surface area contributed by atoms with Gasteiger partial charge in [-0.3, -0.25) is 20.0 Å². The second-order valence-corrected chi connectivity index (χ2v) is 9.23. The quantitative estimate of drug-likeness (QED) is 0.157. The summed E-state index contributed by atoms with van der Waals surface area (Å²) in [5.74, 6) is -1.50. The van der Waals surface area contributed by atoms with Gasteiger partial charge in [0.25, 0.3) is 0 Å². The highest BCUT2D eigenvalue weighted by Gasteiger charge is 2.17. The highest BCUT2D eigenvalue weighted by atomic mass is 16.5. The van der Waals surface area contributed by atoms with Gasteiger partial charge < -0.3 is 13.6 Å². The Labute approximate surface area is 222 Å². The van der Waals surface area contributed by atoms with Crippen molar-refractivity contribution in [2.24, 2.45) is 11.8 Å². The lowest BCUT2D eigenvalue weighted by molar-refractivity contribution is -0.133. The van der Waals surface area contributed by atoms with E-state index in [0.29, 0.717) is 28.0 Å². The Balaban J connectivity index is 0.000000216. The zero-order chi connectivity index (χ0) is 28.7. The third-order valence-electron chi connectivity index (χ3n) is 6.15. The molecule has 0 saturated carbocycles. The fraction of sp³-hybridized carbons (Fsp3) is 0.286. The van der Waals surface area contributed by atoms with Gasteiger partial charge in [0.2, 0.25) is 11.8 Å². The van der Waals surface area contributed by atoms with Gasteiger partial charge in [0.05, 0.1) is 7.11 Å². The summed E-state index contributed by atoms with van der Waals surface area (Å²) in [6.07, 6.45) is 0.412. The lowest BCUT2D eigenvalue weighted by Gasteiger charge is -2.09. The summed E-state index contributed by atoms with van der Waals surface area (Å²) < 4.78 is 15.5. The zero-order valence-corrected chi connectivity index (χ0v) is 21.9. The summed E-state index contributed by atoms with van der Waals surface area (Å²) in [5, 5.41) is 18.7. The second-order valence-electron chi connectivity index (χ2n) is 9.23. The first-order chi connectivity index (χ1) is 18.6. The highest BCUT2D eigenvalue weighted by molar-refractivity contribution is 5.80. The van der Waals surface area contributed by atoms with E-state index in [1.54, 1.807) is 61.2 Å². The lowest BCUT2D eigenvalue weighted by atomic mass is 10.0. The molecule has 206 valence electrons. The van der Waals surface area contributed by atoms with Crippen molar-refractivity contribution in [3.63, 3.8) is 0 Å². The van der Waals surface area contributed by atoms with E-state index in [-0.39, 0.29) is 12.8 Å². The molecule has 2 heterocycles. The van der Waals surface area contributed by atoms with Crippen molar-refractivity contribution in [2.45, 2.75) is 33.6 Å². The number of carbonyl (C=O) groups excluding carboxylic acids is 2. The fourth-order valence-corrected chi connectivity index (χ4v) is 3.87. The van der Waals surface area contributed by atoms with Gasteiger partial charge >= 0.3 is 11.3 Å². The molecule has 0 fully saturated rings. The Bertz CT molecular complexity index is 1610. The highest BCUT2D eigenvalue weighted by Crippen LogP contribution is 2.21. The normalized spacial score (nSPS) is 12.3. The molecule has 0 aliphatic carbocycles. The summed E-state index contributed by atoms with van der Waals surface area (Å²) in [6.45, 7) is 5.16. The number of amides is 2. The third-order valence-corrected chi connectivity index (χ3v) is 6.15. The second kappa shape index (κ2) is 12.9. The van der Waals surface area contributed by atoms with E-state index in [1.165, 1.54) is 7.11 Å². The molecular weight excluding hydrogens is 508 g/mol. The van der Waals surface area contributed by atoms with Gasteiger partial charge in [0, 0.05) is 39.8 Å². The number of nitrogens with one attached hydrogen (secondary N) is 2. The molecule has 2 unspecified atom stereocenters. The molecule has 4 N–H and O–H groups in total. The molecule has 2 aromatic carbocycles. The molecular formula is C28H30N2O9. The zero-order valence-electron chi connectivity index (χ0n) is 21.9. The number of benzene rings is 2. The minimum Gasteiger partial charge on any atom is -0.497 e. The van der Waals surface area contributed by atoms with Crippen LogP contribution < -0.4 is 26.9 Å². The molecule has 0 aliphatic heterocycles. The predicted octanol–water partition coefficient (Wildman–Crippen LogP) is 3.27. The Morgan fingerprint density at radius 2 is 1.26 bits per heavy atom. The van der Waals surface area contributed by atoms with Gasteiger partial charge in [-0.25, -0.2) is 20.5 Å². The van der Waals surface area contributed by atoms with Crippen LogP contribution in [0.3, 0.4) is 0 Å². The van der Waals surface area contributed by atoms with Crippen molar-refractivity contribution < 1.29 is 33.6 Å². The van der Waals surface area contributed by atoms with Crippen molar-refractivity contribution in [3.05, 3.63) is 86.1 Å². The van der Waals surface area contributed by atoms with Crippen molar-refractivity contribution >= 4 is 33.8 Å². The number of carbonyl (C=O) groups is 2. The van der Waals surface area contributed by atoms with Crippen LogP contribution in [-0.2, 0) is 22.4 Å². The molecule has 39 heavy (non-hydrogen) atoms. The van der Waals surface area contributed by atoms with Crippen LogP contribution in [0.2, 0.25) is 0 Å². The summed E-state index contributed by atoms with van der Waals surface area (Å²) in [6, 6.07) is 14.2. The summed E-state index contributed by atoms with van der Waals surface area (Å²) >= 11 is 0. The molecule has 11 nitrogen and oxygen atoms in total. The number of hydroxylamine groups is 2. The van der Waals surface area contributed by atoms with E-state index in [1.807, 2.05) is 19.1 Å². The molecule has 2 atom stereocenters. The molecule has 2 amide bonds. The van der Waals surface area contributed by atoms with E-state index in [2.05, 4.69) is 0 Å². The van der Waals surface area contributed by atoms with E-state index in [4.69, 9.17) is 24.0 Å². The van der Waals surface area contributed by atoms with Crippen molar-refractivity contribution in [3.8, 4) is 5.75 Å². The standard InChI is InChI=1S/C14H15NO5.C14H15NO4/c1-8(13(16)15-18)5-10-6-9-3-4-11(19-2)7-12(9)20-14(10)17;1-8-3-4-10-7-11(6-9(2)13(16)15-18)14(17)19-12(10)5-8/h3-4,6-8,18H,5H2,1-2H3,(H,15,16);3-5,7,9,18H,6H2,1-2H3,(H,15,16). The fourth-order valence-electron chi connectivity index (χ4n) is 3.87. The van der Waals surface area contributed by atoms with Crippen molar-refractivity contribution in [2.75, 3.05) is 7.11 Å². The van der Waals surface area contributed by atoms with Gasteiger partial charge in [0.1, 0.15) is 16.9 Å². The molecule has 0 saturated heterocycles. The first-order valence-corrected chi connectivity index (χ1v) is 12.1. The minimum atomic E-state index is -0.542. The average Bonchev–Trinajstić information content (AvgIpc) is 2.92. The minimum absolute atomic E-state index is 0.191. The topological polar surface area (TPSA) is 168 Å². The smallest absolute Gasteiger partial charge is 0.339 e. The first-order valence-electron chi connectivity index (χ1n) is 12.1. The van der Waals surface area contributed by atoms with Gasteiger partial charge in [-0.05, 0) is 55.7 Å². The van der Waals surface area contributed by atoms with Crippen LogP contribution in [0.25, 0.3) is 21.9 Å². The molecule has 2 aromatic heterocycles. The first kappa shape index (κ1) is 29.1. The van der Waals surface area contributed by atoms with Crippen LogP contribution in [-0.4, -0.2) is 29.3 Å². The molecule has 0 bridgehead atoms. The van der Waals surface area contributed by atoms with Gasteiger partial charge in [-0.1, -0.05) is 26.0 Å². The van der Waals surface area contributed by atoms with Crippen LogP contribution in [0.5, 0.6) is 5.75 Å². The van der Waals surface area contributed by atoms with Gasteiger partial charge in [0.15, 0.2) is 0 Å². The van der Waals surface area contributed by atoms with Gasteiger partial charge in [-0.2, -0.15) is 0 Å². The molecule has 0 aliphatic rings. The maximum absolute atomic E-state index is 11.9. The maximum Gasteiger partial charge on any atom is 0.339 e. The lowest BCUT2D eigenvalue weighted by Crippen LogP contribution is -2.28. The molecule has 0 spiro atoms. The van der Waals surface area contributed by atoms with Crippen LogP contribution in [0.4, 0.5) is 0 Å². The van der Waals surface area contributed by atoms with E-state index < -0.39 is 34.9 Å². The number of rotatable bonds is 7. The largest absolute Gasteiger partial charge is 0.497 e. The molecule has 4 rings (SSSR count). The van der Waals surface area contributed by atoms with E-state index in [9.17, 15) is 19.2 Å². The molecule has 4 aromatic rings. The monoisotopic (exact) mass is 538 g/mol. The Morgan fingerprint density at radius 3 is 1.72 bits per heavy atom. The Hall–Kier alpha value is -4.48. The predicted molar refractivity (Wildman–Crippen MR) is 142 cm³/mol. The summed E-state index contributed by atoms with van der Waals surface area (Å²) in [4.78, 5) is 46.2.